The van der Waals surface area contributed by atoms with Gasteiger partial charge >= 0.3 is 0 Å². The van der Waals surface area contributed by atoms with E-state index >= 15 is 0 Å². The van der Waals surface area contributed by atoms with E-state index < -0.39 is 10.0 Å². The van der Waals surface area contributed by atoms with Gasteiger partial charge < -0.3 is 10.2 Å². The molecule has 2 rings (SSSR count). The second-order valence-electron chi connectivity index (χ2n) is 5.78. The SMILES string of the molecule is Cc1oc(CN)cc1S(=O)(=O)N(C)C1CCCC(C)C1. The maximum Gasteiger partial charge on any atom is 0.246 e. The van der Waals surface area contributed by atoms with Gasteiger partial charge in [-0.15, -0.1) is 0 Å². The van der Waals surface area contributed by atoms with Gasteiger partial charge in [-0.05, 0) is 25.7 Å². The van der Waals surface area contributed by atoms with Gasteiger partial charge in [-0.3, -0.25) is 0 Å². The minimum absolute atomic E-state index is 0.0828. The Morgan fingerprint density at radius 2 is 2.15 bits per heavy atom. The highest BCUT2D eigenvalue weighted by Gasteiger charge is 2.33. The van der Waals surface area contributed by atoms with Crippen LogP contribution in [0.1, 0.15) is 44.1 Å². The highest BCUT2D eigenvalue weighted by molar-refractivity contribution is 7.89. The topological polar surface area (TPSA) is 76.5 Å². The second-order valence-corrected chi connectivity index (χ2v) is 7.75. The number of hydrogen-bond donors (Lipinski definition) is 1. The van der Waals surface area contributed by atoms with Crippen molar-refractivity contribution in [2.24, 2.45) is 11.7 Å². The summed E-state index contributed by atoms with van der Waals surface area (Å²) in [5.74, 6) is 1.50. The molecule has 1 aliphatic carbocycles. The van der Waals surface area contributed by atoms with Crippen molar-refractivity contribution in [2.75, 3.05) is 7.05 Å². The molecule has 1 fully saturated rings. The van der Waals surface area contributed by atoms with Gasteiger partial charge in [-0.2, -0.15) is 4.31 Å². The molecule has 1 aromatic rings. The van der Waals surface area contributed by atoms with Gasteiger partial charge in [-0.25, -0.2) is 8.42 Å². The fraction of sp³-hybridized carbons (Fsp3) is 0.714. The Bertz CT molecular complexity index is 565. The zero-order chi connectivity index (χ0) is 14.9. The molecule has 0 saturated heterocycles. The second kappa shape index (κ2) is 5.87. The van der Waals surface area contributed by atoms with Gasteiger partial charge in [0.15, 0.2) is 0 Å². The van der Waals surface area contributed by atoms with Gasteiger partial charge in [0.25, 0.3) is 0 Å². The van der Waals surface area contributed by atoms with E-state index in [1.807, 2.05) is 0 Å². The maximum atomic E-state index is 12.7. The molecule has 1 saturated carbocycles. The maximum absolute atomic E-state index is 12.7. The Kier molecular flexibility index (Phi) is 4.56. The molecule has 5 nitrogen and oxygen atoms in total. The number of furan rings is 1. The van der Waals surface area contributed by atoms with Crippen molar-refractivity contribution in [1.82, 2.24) is 4.31 Å². The summed E-state index contributed by atoms with van der Waals surface area (Å²) >= 11 is 0. The van der Waals surface area contributed by atoms with Crippen molar-refractivity contribution >= 4 is 10.0 Å². The lowest BCUT2D eigenvalue weighted by Gasteiger charge is -2.33. The minimum atomic E-state index is -3.50. The molecular weight excluding hydrogens is 276 g/mol. The zero-order valence-corrected chi connectivity index (χ0v) is 13.2. The number of nitrogens with two attached hydrogens (primary N) is 1. The van der Waals surface area contributed by atoms with Crippen LogP contribution in [0.25, 0.3) is 0 Å². The normalized spacial score (nSPS) is 24.2. The summed E-state index contributed by atoms with van der Waals surface area (Å²) in [6.07, 6.45) is 4.13. The molecule has 20 heavy (non-hydrogen) atoms. The van der Waals surface area contributed by atoms with E-state index in [1.54, 1.807) is 20.0 Å². The molecule has 114 valence electrons. The van der Waals surface area contributed by atoms with Crippen LogP contribution in [-0.2, 0) is 16.6 Å². The van der Waals surface area contributed by atoms with Crippen molar-refractivity contribution in [3.8, 4) is 0 Å². The summed E-state index contributed by atoms with van der Waals surface area (Å²) in [6.45, 7) is 4.06. The van der Waals surface area contributed by atoms with E-state index in [0.29, 0.717) is 17.4 Å². The summed E-state index contributed by atoms with van der Waals surface area (Å²) < 4.78 is 32.3. The van der Waals surface area contributed by atoms with E-state index in [1.165, 1.54) is 10.7 Å². The largest absolute Gasteiger partial charge is 0.464 e. The number of sulfonamides is 1. The van der Waals surface area contributed by atoms with E-state index in [-0.39, 0.29) is 17.5 Å². The number of nitrogens with zero attached hydrogens (tertiary/aromatic N) is 1. The molecule has 0 aliphatic heterocycles. The Morgan fingerprint density at radius 1 is 1.45 bits per heavy atom. The average molecular weight is 300 g/mol. The fourth-order valence-corrected chi connectivity index (χ4v) is 4.54. The number of hydrogen-bond acceptors (Lipinski definition) is 4. The summed E-state index contributed by atoms with van der Waals surface area (Å²) in [7, 11) is -1.82. The first-order valence-electron chi connectivity index (χ1n) is 7.13. The van der Waals surface area contributed by atoms with Crippen molar-refractivity contribution in [2.45, 2.75) is 57.0 Å². The minimum Gasteiger partial charge on any atom is -0.464 e. The lowest BCUT2D eigenvalue weighted by molar-refractivity contribution is 0.239. The molecule has 2 atom stereocenters. The van der Waals surface area contributed by atoms with E-state index in [0.717, 1.165) is 19.3 Å². The first-order chi connectivity index (χ1) is 9.36. The molecule has 1 aromatic heterocycles. The predicted molar refractivity (Wildman–Crippen MR) is 77.7 cm³/mol. The zero-order valence-electron chi connectivity index (χ0n) is 12.4. The number of aryl methyl sites for hydroxylation is 1. The Morgan fingerprint density at radius 3 is 2.70 bits per heavy atom. The summed E-state index contributed by atoms with van der Waals surface area (Å²) in [5.41, 5.74) is 5.51. The first-order valence-corrected chi connectivity index (χ1v) is 8.57. The van der Waals surface area contributed by atoms with Gasteiger partial charge in [0.1, 0.15) is 16.4 Å². The standard InChI is InChI=1S/C14H24N2O3S/c1-10-5-4-6-12(7-10)16(3)20(17,18)14-8-13(9-15)19-11(14)2/h8,10,12H,4-7,9,15H2,1-3H3. The quantitative estimate of drug-likeness (QED) is 0.925. The molecule has 2 unspecified atom stereocenters. The van der Waals surface area contributed by atoms with Crippen LogP contribution in [0.4, 0.5) is 0 Å². The highest BCUT2D eigenvalue weighted by atomic mass is 32.2. The van der Waals surface area contributed by atoms with Crippen LogP contribution < -0.4 is 5.73 Å². The summed E-state index contributed by atoms with van der Waals surface area (Å²) in [5, 5.41) is 0. The predicted octanol–water partition coefficient (Wildman–Crippen LogP) is 2.25. The van der Waals surface area contributed by atoms with Crippen molar-refractivity contribution in [1.29, 1.82) is 0 Å². The molecule has 6 heteroatoms. The third-order valence-electron chi connectivity index (χ3n) is 4.20. The molecule has 1 aliphatic rings. The van der Waals surface area contributed by atoms with Crippen molar-refractivity contribution < 1.29 is 12.8 Å². The van der Waals surface area contributed by atoms with Gasteiger partial charge in [0.2, 0.25) is 10.0 Å². The van der Waals surface area contributed by atoms with E-state index in [4.69, 9.17) is 10.2 Å². The molecule has 0 aromatic carbocycles. The van der Waals surface area contributed by atoms with Gasteiger partial charge in [-0.1, -0.05) is 19.8 Å². The van der Waals surface area contributed by atoms with Crippen LogP contribution in [0, 0.1) is 12.8 Å². The molecule has 0 radical (unpaired) electrons. The van der Waals surface area contributed by atoms with E-state index in [9.17, 15) is 8.42 Å². The average Bonchev–Trinajstić information content (AvgIpc) is 2.80. The summed E-state index contributed by atoms with van der Waals surface area (Å²) in [6, 6.07) is 1.63. The molecule has 0 amide bonds. The number of rotatable bonds is 4. The van der Waals surface area contributed by atoms with Crippen LogP contribution in [0.15, 0.2) is 15.4 Å². The smallest absolute Gasteiger partial charge is 0.246 e. The molecular formula is C14H24N2O3S. The third kappa shape index (κ3) is 2.92. The third-order valence-corrected chi connectivity index (χ3v) is 6.22. The molecule has 0 spiro atoms. The van der Waals surface area contributed by atoms with Crippen LogP contribution in [0.5, 0.6) is 0 Å². The van der Waals surface area contributed by atoms with Crippen LogP contribution in [0.2, 0.25) is 0 Å². The van der Waals surface area contributed by atoms with E-state index in [2.05, 4.69) is 6.92 Å². The summed E-state index contributed by atoms with van der Waals surface area (Å²) in [4.78, 5) is 0.249. The van der Waals surface area contributed by atoms with Gasteiger partial charge in [0, 0.05) is 19.2 Å². The van der Waals surface area contributed by atoms with Crippen LogP contribution in [-0.4, -0.2) is 25.8 Å². The molecule has 2 N–H and O–H groups in total. The Balaban J connectivity index is 2.26. The lowest BCUT2D eigenvalue weighted by Crippen LogP contribution is -2.39. The van der Waals surface area contributed by atoms with Crippen molar-refractivity contribution in [3.63, 3.8) is 0 Å². The fourth-order valence-electron chi connectivity index (χ4n) is 2.96. The first kappa shape index (κ1) is 15.5. The molecule has 0 bridgehead atoms. The van der Waals surface area contributed by atoms with Crippen LogP contribution >= 0.6 is 0 Å². The monoisotopic (exact) mass is 300 g/mol. The highest BCUT2D eigenvalue weighted by Crippen LogP contribution is 2.31. The Labute approximate surface area is 121 Å². The Hall–Kier alpha value is -0.850. The van der Waals surface area contributed by atoms with Crippen molar-refractivity contribution in [3.05, 3.63) is 17.6 Å². The van der Waals surface area contributed by atoms with Crippen LogP contribution in [0.3, 0.4) is 0 Å². The lowest BCUT2D eigenvalue weighted by atomic mass is 9.87. The van der Waals surface area contributed by atoms with Gasteiger partial charge in [0.05, 0.1) is 6.54 Å². The molecule has 1 heterocycles.